The van der Waals surface area contributed by atoms with Crippen molar-refractivity contribution < 1.29 is 79.7 Å². The van der Waals surface area contributed by atoms with Crippen LogP contribution in [0.25, 0.3) is 0 Å². The summed E-state index contributed by atoms with van der Waals surface area (Å²) in [5.41, 5.74) is 0. The van der Waals surface area contributed by atoms with Crippen LogP contribution in [0.5, 0.6) is 0 Å². The molecular weight excluding hydrogens is 432 g/mol. The standard InChI is InChI=1S/C8H2F16O2/c9-1(10)2(11)25-8(23,24)4(14,6(18,19)20)26-7(21,22)3(12,13)5(15,16)17/h1-2H. The summed E-state index contributed by atoms with van der Waals surface area (Å²) in [6.45, 7) is 0. The van der Waals surface area contributed by atoms with E-state index in [-0.39, 0.29) is 0 Å². The van der Waals surface area contributed by atoms with Crippen molar-refractivity contribution in [3.8, 4) is 0 Å². The van der Waals surface area contributed by atoms with Crippen molar-refractivity contribution in [1.82, 2.24) is 0 Å². The quantitative estimate of drug-likeness (QED) is 0.514. The summed E-state index contributed by atoms with van der Waals surface area (Å²) >= 11 is 0. The highest BCUT2D eigenvalue weighted by Gasteiger charge is 2.83. The van der Waals surface area contributed by atoms with Crippen LogP contribution in [0.2, 0.25) is 0 Å². The molecule has 0 saturated heterocycles. The third-order valence-electron chi connectivity index (χ3n) is 2.19. The van der Waals surface area contributed by atoms with Crippen LogP contribution in [0.4, 0.5) is 70.2 Å². The molecule has 0 heterocycles. The fraction of sp³-hybridized carbons (Fsp3) is 1.00. The van der Waals surface area contributed by atoms with E-state index in [0.717, 1.165) is 0 Å². The highest BCUT2D eigenvalue weighted by molar-refractivity contribution is 4.93. The van der Waals surface area contributed by atoms with Gasteiger partial charge in [0.05, 0.1) is 0 Å². The summed E-state index contributed by atoms with van der Waals surface area (Å²) in [5.74, 6) is -15.3. The minimum atomic E-state index is -7.67. The first kappa shape index (κ1) is 24.8. The van der Waals surface area contributed by atoms with Crippen molar-refractivity contribution in [2.24, 2.45) is 0 Å². The molecule has 0 aromatic heterocycles. The summed E-state index contributed by atoms with van der Waals surface area (Å²) in [4.78, 5) is 0. The first-order valence-electron chi connectivity index (χ1n) is 5.29. The molecular formula is C8H2F16O2. The minimum absolute atomic E-state index is 1.35. The zero-order valence-corrected chi connectivity index (χ0v) is 11.0. The molecule has 0 radical (unpaired) electrons. The zero-order chi connectivity index (χ0) is 21.6. The second-order valence-electron chi connectivity index (χ2n) is 4.10. The van der Waals surface area contributed by atoms with Crippen LogP contribution in [-0.2, 0) is 9.47 Å². The Balaban J connectivity index is 6.14. The predicted molar refractivity (Wildman–Crippen MR) is 43.9 cm³/mol. The van der Waals surface area contributed by atoms with Crippen LogP contribution in [0.15, 0.2) is 0 Å². The van der Waals surface area contributed by atoms with Gasteiger partial charge >= 0.3 is 36.3 Å². The Labute approximate surface area is 130 Å². The van der Waals surface area contributed by atoms with E-state index in [2.05, 4.69) is 0 Å². The van der Waals surface area contributed by atoms with Crippen molar-refractivity contribution >= 4 is 0 Å². The molecule has 0 aliphatic carbocycles. The lowest BCUT2D eigenvalue weighted by molar-refractivity contribution is -0.539. The molecule has 0 aliphatic rings. The molecule has 0 saturated carbocycles. The van der Waals surface area contributed by atoms with Gasteiger partial charge in [-0.05, 0) is 0 Å². The predicted octanol–water partition coefficient (Wildman–Crippen LogP) is 5.19. The van der Waals surface area contributed by atoms with Crippen LogP contribution >= 0.6 is 0 Å². The molecule has 0 rings (SSSR count). The lowest BCUT2D eigenvalue weighted by atomic mass is 10.2. The lowest BCUT2D eigenvalue weighted by Crippen LogP contribution is -2.65. The molecule has 0 N–H and O–H groups in total. The van der Waals surface area contributed by atoms with Gasteiger partial charge in [0.25, 0.3) is 12.8 Å². The SMILES string of the molecule is FC(F)C(F)OC(F)(F)C(F)(OC(F)(F)C(F)(F)C(F)(F)F)C(F)(F)F. The van der Waals surface area contributed by atoms with Gasteiger partial charge in [0.15, 0.2) is 0 Å². The number of hydrogen-bond acceptors (Lipinski definition) is 2. The van der Waals surface area contributed by atoms with Gasteiger partial charge in [0, 0.05) is 0 Å². The van der Waals surface area contributed by atoms with Gasteiger partial charge in [0.1, 0.15) is 0 Å². The van der Waals surface area contributed by atoms with Gasteiger partial charge in [-0.2, -0.15) is 57.1 Å². The van der Waals surface area contributed by atoms with E-state index in [1.807, 2.05) is 4.74 Å². The molecule has 0 aliphatic heterocycles. The van der Waals surface area contributed by atoms with Gasteiger partial charge in [-0.1, -0.05) is 0 Å². The van der Waals surface area contributed by atoms with Crippen molar-refractivity contribution in [1.29, 1.82) is 0 Å². The maximum Gasteiger partial charge on any atom is 0.462 e. The van der Waals surface area contributed by atoms with Gasteiger partial charge < -0.3 is 0 Å². The number of hydrogen-bond donors (Lipinski definition) is 0. The summed E-state index contributed by atoms with van der Waals surface area (Å²) in [6.07, 6.45) is -39.5. The van der Waals surface area contributed by atoms with E-state index in [9.17, 15) is 70.2 Å². The van der Waals surface area contributed by atoms with Crippen LogP contribution in [0.1, 0.15) is 0 Å². The van der Waals surface area contributed by atoms with E-state index in [1.165, 1.54) is 4.74 Å². The van der Waals surface area contributed by atoms with E-state index >= 15 is 0 Å². The Bertz CT molecular complexity index is 480. The normalized spacial score (nSPS) is 18.8. The van der Waals surface area contributed by atoms with Gasteiger partial charge in [-0.25, -0.2) is 13.2 Å². The molecule has 0 amide bonds. The van der Waals surface area contributed by atoms with Gasteiger partial charge in [0.2, 0.25) is 0 Å². The van der Waals surface area contributed by atoms with Crippen molar-refractivity contribution in [2.45, 2.75) is 49.1 Å². The highest BCUT2D eigenvalue weighted by Crippen LogP contribution is 2.55. The molecule has 2 atom stereocenters. The van der Waals surface area contributed by atoms with Gasteiger partial charge in [-0.3, -0.25) is 9.47 Å². The van der Waals surface area contributed by atoms with E-state index < -0.39 is 49.1 Å². The molecule has 0 aromatic carbocycles. The molecule has 0 spiro atoms. The van der Waals surface area contributed by atoms with Crippen molar-refractivity contribution in [2.75, 3.05) is 0 Å². The maximum atomic E-state index is 13.3. The number of halogens is 16. The van der Waals surface area contributed by atoms with Crippen LogP contribution in [0, 0.1) is 0 Å². The maximum absolute atomic E-state index is 13.3. The largest absolute Gasteiger partial charge is 0.462 e. The molecule has 2 unspecified atom stereocenters. The Kier molecular flexibility index (Phi) is 6.44. The van der Waals surface area contributed by atoms with E-state index in [1.54, 1.807) is 0 Å². The minimum Gasteiger partial charge on any atom is -0.275 e. The van der Waals surface area contributed by atoms with E-state index in [4.69, 9.17) is 0 Å². The number of rotatable bonds is 7. The summed E-state index contributed by atoms with van der Waals surface area (Å²) in [7, 11) is 0. The van der Waals surface area contributed by atoms with Crippen LogP contribution in [0.3, 0.4) is 0 Å². The number of alkyl halides is 16. The third-order valence-corrected chi connectivity index (χ3v) is 2.19. The number of ether oxygens (including phenoxy) is 2. The summed E-state index contributed by atoms with van der Waals surface area (Å²) < 4.78 is 200. The monoisotopic (exact) mass is 434 g/mol. The second kappa shape index (κ2) is 6.75. The Morgan fingerprint density at radius 1 is 0.538 bits per heavy atom. The molecule has 0 bridgehead atoms. The average molecular weight is 434 g/mol. The molecule has 158 valence electrons. The fourth-order valence-corrected chi connectivity index (χ4v) is 0.957. The Morgan fingerprint density at radius 2 is 0.923 bits per heavy atom. The van der Waals surface area contributed by atoms with Crippen molar-refractivity contribution in [3.63, 3.8) is 0 Å². The molecule has 0 fully saturated rings. The molecule has 18 heteroatoms. The molecule has 0 aromatic rings. The topological polar surface area (TPSA) is 18.5 Å². The summed E-state index contributed by atoms with van der Waals surface area (Å²) in [6, 6.07) is 0. The first-order valence-corrected chi connectivity index (χ1v) is 5.29. The molecule has 2 nitrogen and oxygen atoms in total. The Hall–Kier alpha value is -1.20. The average Bonchev–Trinajstić information content (AvgIpc) is 2.34. The summed E-state index contributed by atoms with van der Waals surface area (Å²) in [5, 5.41) is 0. The zero-order valence-electron chi connectivity index (χ0n) is 11.0. The molecule has 26 heavy (non-hydrogen) atoms. The lowest BCUT2D eigenvalue weighted by Gasteiger charge is -2.38. The van der Waals surface area contributed by atoms with Crippen molar-refractivity contribution in [3.05, 3.63) is 0 Å². The van der Waals surface area contributed by atoms with Crippen LogP contribution < -0.4 is 0 Å². The fourth-order valence-electron chi connectivity index (χ4n) is 0.957. The second-order valence-corrected chi connectivity index (χ2v) is 4.10. The first-order chi connectivity index (χ1) is 11.0. The van der Waals surface area contributed by atoms with Crippen LogP contribution in [-0.4, -0.2) is 49.1 Å². The van der Waals surface area contributed by atoms with E-state index in [0.29, 0.717) is 0 Å². The smallest absolute Gasteiger partial charge is 0.275 e. The van der Waals surface area contributed by atoms with Gasteiger partial charge in [-0.15, -0.1) is 0 Å². The highest BCUT2D eigenvalue weighted by atomic mass is 19.4. The third kappa shape index (κ3) is 4.37. The Morgan fingerprint density at radius 3 is 1.19 bits per heavy atom.